The number of halogens is 1. The van der Waals surface area contributed by atoms with Gasteiger partial charge >= 0.3 is 5.97 Å². The molecular formula is C12H14BrNO3S. The SMILES string of the molecule is CC(CC(=O)O)NC(=O)CSc1cccc(Br)c1. The summed E-state index contributed by atoms with van der Waals surface area (Å²) < 4.78 is 0.965. The first-order valence-corrected chi connectivity index (χ1v) is 7.14. The number of carboxylic acid groups (broad SMARTS) is 1. The van der Waals surface area contributed by atoms with Crippen LogP contribution in [-0.2, 0) is 9.59 Å². The van der Waals surface area contributed by atoms with Crippen LogP contribution in [0, 0.1) is 0 Å². The standard InChI is InChI=1S/C12H14BrNO3S/c1-8(5-12(16)17)14-11(15)7-18-10-4-2-3-9(13)6-10/h2-4,6,8H,5,7H2,1H3,(H,14,15)(H,16,17). The van der Waals surface area contributed by atoms with Crippen LogP contribution in [0.25, 0.3) is 0 Å². The molecule has 0 spiro atoms. The lowest BCUT2D eigenvalue weighted by Gasteiger charge is -2.11. The van der Waals surface area contributed by atoms with Crippen molar-refractivity contribution in [3.05, 3.63) is 28.7 Å². The number of benzene rings is 1. The summed E-state index contributed by atoms with van der Waals surface area (Å²) in [7, 11) is 0. The Morgan fingerprint density at radius 1 is 1.50 bits per heavy atom. The first-order valence-electron chi connectivity index (χ1n) is 5.37. The molecule has 4 nitrogen and oxygen atoms in total. The van der Waals surface area contributed by atoms with Crippen molar-refractivity contribution in [2.24, 2.45) is 0 Å². The minimum atomic E-state index is -0.914. The third-order valence-electron chi connectivity index (χ3n) is 2.05. The van der Waals surface area contributed by atoms with Gasteiger partial charge in [-0.25, -0.2) is 0 Å². The van der Waals surface area contributed by atoms with Crippen molar-refractivity contribution in [2.75, 3.05) is 5.75 Å². The molecular weight excluding hydrogens is 318 g/mol. The minimum Gasteiger partial charge on any atom is -0.481 e. The van der Waals surface area contributed by atoms with Crippen molar-refractivity contribution >= 4 is 39.6 Å². The highest BCUT2D eigenvalue weighted by molar-refractivity contribution is 9.10. The van der Waals surface area contributed by atoms with E-state index >= 15 is 0 Å². The number of amides is 1. The highest BCUT2D eigenvalue weighted by Crippen LogP contribution is 2.21. The Kier molecular flexibility index (Phi) is 6.21. The second kappa shape index (κ2) is 7.43. The molecule has 1 atom stereocenters. The third-order valence-corrected chi connectivity index (χ3v) is 3.54. The average Bonchev–Trinajstić information content (AvgIpc) is 2.25. The smallest absolute Gasteiger partial charge is 0.305 e. The molecule has 0 aromatic heterocycles. The van der Waals surface area contributed by atoms with Gasteiger partial charge in [0, 0.05) is 15.4 Å². The van der Waals surface area contributed by atoms with Gasteiger partial charge in [0.25, 0.3) is 0 Å². The Bertz CT molecular complexity index is 439. The van der Waals surface area contributed by atoms with Gasteiger partial charge in [-0.2, -0.15) is 0 Å². The summed E-state index contributed by atoms with van der Waals surface area (Å²) in [6, 6.07) is 7.32. The fourth-order valence-electron chi connectivity index (χ4n) is 1.34. The lowest BCUT2D eigenvalue weighted by atomic mass is 10.2. The molecule has 0 aliphatic heterocycles. The number of thioether (sulfide) groups is 1. The van der Waals surface area contributed by atoms with E-state index in [0.717, 1.165) is 9.37 Å². The molecule has 1 aromatic rings. The van der Waals surface area contributed by atoms with Crippen LogP contribution in [0.3, 0.4) is 0 Å². The molecule has 98 valence electrons. The van der Waals surface area contributed by atoms with Gasteiger partial charge in [0.15, 0.2) is 0 Å². The van der Waals surface area contributed by atoms with Crippen LogP contribution >= 0.6 is 27.7 Å². The molecule has 0 bridgehead atoms. The second-order valence-electron chi connectivity index (χ2n) is 3.81. The maximum absolute atomic E-state index is 11.6. The Morgan fingerprint density at radius 3 is 2.83 bits per heavy atom. The van der Waals surface area contributed by atoms with E-state index in [9.17, 15) is 9.59 Å². The quantitative estimate of drug-likeness (QED) is 0.786. The molecule has 0 aliphatic rings. The molecule has 6 heteroatoms. The molecule has 0 radical (unpaired) electrons. The monoisotopic (exact) mass is 331 g/mol. The van der Waals surface area contributed by atoms with Crippen molar-refractivity contribution < 1.29 is 14.7 Å². The van der Waals surface area contributed by atoms with E-state index < -0.39 is 5.97 Å². The Labute approximate surface area is 118 Å². The average molecular weight is 332 g/mol. The number of carboxylic acids is 1. The molecule has 1 amide bonds. The number of carbonyl (C=O) groups excluding carboxylic acids is 1. The van der Waals surface area contributed by atoms with Crippen LogP contribution in [-0.4, -0.2) is 28.8 Å². The summed E-state index contributed by atoms with van der Waals surface area (Å²) in [5, 5.41) is 11.2. The van der Waals surface area contributed by atoms with E-state index in [-0.39, 0.29) is 24.1 Å². The van der Waals surface area contributed by atoms with Gasteiger partial charge in [-0.3, -0.25) is 9.59 Å². The van der Waals surface area contributed by atoms with Crippen LogP contribution in [0.15, 0.2) is 33.6 Å². The highest BCUT2D eigenvalue weighted by atomic mass is 79.9. The van der Waals surface area contributed by atoms with Gasteiger partial charge in [0.1, 0.15) is 0 Å². The maximum Gasteiger partial charge on any atom is 0.305 e. The van der Waals surface area contributed by atoms with E-state index in [1.54, 1.807) is 6.92 Å². The summed E-state index contributed by atoms with van der Waals surface area (Å²) in [6.45, 7) is 1.68. The van der Waals surface area contributed by atoms with Crippen LogP contribution in [0.5, 0.6) is 0 Å². The van der Waals surface area contributed by atoms with Crippen molar-refractivity contribution in [2.45, 2.75) is 24.3 Å². The van der Waals surface area contributed by atoms with Crippen LogP contribution < -0.4 is 5.32 Å². The summed E-state index contributed by atoms with van der Waals surface area (Å²) in [6.07, 6.45) is -0.0622. The van der Waals surface area contributed by atoms with Crippen LogP contribution in [0.1, 0.15) is 13.3 Å². The van der Waals surface area contributed by atoms with Crippen molar-refractivity contribution in [1.82, 2.24) is 5.32 Å². The van der Waals surface area contributed by atoms with Gasteiger partial charge in [-0.1, -0.05) is 22.0 Å². The zero-order valence-corrected chi connectivity index (χ0v) is 12.3. The first kappa shape index (κ1) is 15.0. The minimum absolute atomic E-state index is 0.0622. The number of nitrogens with one attached hydrogen (secondary N) is 1. The number of hydrogen-bond donors (Lipinski definition) is 2. The zero-order chi connectivity index (χ0) is 13.5. The van der Waals surface area contributed by atoms with Crippen molar-refractivity contribution in [3.63, 3.8) is 0 Å². The predicted molar refractivity (Wildman–Crippen MR) is 74.7 cm³/mol. The highest BCUT2D eigenvalue weighted by Gasteiger charge is 2.11. The van der Waals surface area contributed by atoms with Crippen molar-refractivity contribution in [1.29, 1.82) is 0 Å². The summed E-state index contributed by atoms with van der Waals surface area (Å²) >= 11 is 4.77. The van der Waals surface area contributed by atoms with E-state index in [2.05, 4.69) is 21.2 Å². The molecule has 1 aromatic carbocycles. The summed E-state index contributed by atoms with van der Waals surface area (Å²) in [4.78, 5) is 23.0. The maximum atomic E-state index is 11.6. The van der Waals surface area contributed by atoms with Gasteiger partial charge < -0.3 is 10.4 Å². The van der Waals surface area contributed by atoms with E-state index in [4.69, 9.17) is 5.11 Å². The molecule has 0 heterocycles. The van der Waals surface area contributed by atoms with Gasteiger partial charge in [0.2, 0.25) is 5.91 Å². The third kappa shape index (κ3) is 6.07. The molecule has 0 fully saturated rings. The number of aliphatic carboxylic acids is 1. The molecule has 18 heavy (non-hydrogen) atoms. The normalized spacial score (nSPS) is 11.9. The molecule has 0 aliphatic carbocycles. The summed E-state index contributed by atoms with van der Waals surface area (Å²) in [5.41, 5.74) is 0. The molecule has 1 unspecified atom stereocenters. The lowest BCUT2D eigenvalue weighted by molar-refractivity contribution is -0.137. The summed E-state index contributed by atoms with van der Waals surface area (Å²) in [5.74, 6) is -0.795. The van der Waals surface area contributed by atoms with Crippen LogP contribution in [0.4, 0.5) is 0 Å². The molecule has 1 rings (SSSR count). The number of hydrogen-bond acceptors (Lipinski definition) is 3. The van der Waals surface area contributed by atoms with E-state index in [1.165, 1.54) is 11.8 Å². The zero-order valence-electron chi connectivity index (χ0n) is 9.85. The molecule has 0 saturated heterocycles. The van der Waals surface area contributed by atoms with Crippen LogP contribution in [0.2, 0.25) is 0 Å². The Hall–Kier alpha value is -1.01. The largest absolute Gasteiger partial charge is 0.481 e. The number of rotatable bonds is 6. The Morgan fingerprint density at radius 2 is 2.22 bits per heavy atom. The topological polar surface area (TPSA) is 66.4 Å². The van der Waals surface area contributed by atoms with Crippen molar-refractivity contribution in [3.8, 4) is 0 Å². The molecule has 0 saturated carbocycles. The number of carbonyl (C=O) groups is 2. The van der Waals surface area contributed by atoms with Gasteiger partial charge in [0.05, 0.1) is 12.2 Å². The fraction of sp³-hybridized carbons (Fsp3) is 0.333. The van der Waals surface area contributed by atoms with Gasteiger partial charge in [-0.15, -0.1) is 11.8 Å². The van der Waals surface area contributed by atoms with E-state index in [1.807, 2.05) is 24.3 Å². The van der Waals surface area contributed by atoms with Gasteiger partial charge in [-0.05, 0) is 25.1 Å². The second-order valence-corrected chi connectivity index (χ2v) is 5.78. The lowest BCUT2D eigenvalue weighted by Crippen LogP contribution is -2.35. The van der Waals surface area contributed by atoms with E-state index in [0.29, 0.717) is 0 Å². The fourth-order valence-corrected chi connectivity index (χ4v) is 2.65. The predicted octanol–water partition coefficient (Wildman–Crippen LogP) is 2.52. The Balaban J connectivity index is 2.35. The first-order chi connectivity index (χ1) is 8.47. The molecule has 2 N–H and O–H groups in total.